The van der Waals surface area contributed by atoms with Crippen LogP contribution >= 0.6 is 0 Å². The van der Waals surface area contributed by atoms with E-state index in [-0.39, 0.29) is 30.8 Å². The first-order chi connectivity index (χ1) is 17.5. The number of carbonyl (C=O) groups excluding carboxylic acids is 2. The molecule has 2 saturated carbocycles. The summed E-state index contributed by atoms with van der Waals surface area (Å²) in [5.41, 5.74) is 2.43. The Balaban J connectivity index is 1.54. The first-order valence-electron chi connectivity index (χ1n) is 13.0. The van der Waals surface area contributed by atoms with Crippen LogP contribution in [0.25, 0.3) is 0 Å². The van der Waals surface area contributed by atoms with Crippen molar-refractivity contribution >= 4 is 17.5 Å². The highest BCUT2D eigenvalue weighted by Crippen LogP contribution is 2.41. The molecule has 3 aliphatic rings. The zero-order chi connectivity index (χ0) is 25.1. The predicted molar refractivity (Wildman–Crippen MR) is 135 cm³/mol. The average Bonchev–Trinajstić information content (AvgIpc) is 3.69. The number of amides is 2. The summed E-state index contributed by atoms with van der Waals surface area (Å²) >= 11 is 0. The van der Waals surface area contributed by atoms with Crippen molar-refractivity contribution in [2.75, 3.05) is 11.4 Å². The number of nitrogens with one attached hydrogen (secondary N) is 1. The van der Waals surface area contributed by atoms with Crippen molar-refractivity contribution in [1.82, 2.24) is 15.2 Å². The molecule has 1 saturated heterocycles. The molecule has 1 aromatic heterocycles. The molecule has 2 aromatic rings. The Morgan fingerprint density at radius 2 is 1.86 bits per heavy atom. The van der Waals surface area contributed by atoms with Gasteiger partial charge in [0.25, 0.3) is 5.91 Å². The number of nitriles is 1. The normalized spacial score (nSPS) is 23.1. The van der Waals surface area contributed by atoms with Gasteiger partial charge in [0.15, 0.2) is 6.19 Å². The lowest BCUT2D eigenvalue weighted by Gasteiger charge is -2.35. The second-order valence-electron chi connectivity index (χ2n) is 10.3. The average molecular weight is 488 g/mol. The Kier molecular flexibility index (Phi) is 7.19. The number of nitrogens with zero attached hydrogens (tertiary/aromatic N) is 4. The summed E-state index contributed by atoms with van der Waals surface area (Å²) in [5, 5.41) is 23.1. The molecule has 1 aliphatic heterocycles. The maximum absolute atomic E-state index is 14.1. The summed E-state index contributed by atoms with van der Waals surface area (Å²) in [4.78, 5) is 35.1. The van der Waals surface area contributed by atoms with Crippen LogP contribution in [-0.4, -0.2) is 51.5 Å². The molecule has 36 heavy (non-hydrogen) atoms. The molecule has 2 N–H and O–H groups in total. The van der Waals surface area contributed by atoms with E-state index in [0.29, 0.717) is 17.2 Å². The SMILES string of the molecule is N#CN1CC(O)CC1C(=O)N(c1ccc(C2CC2)cc1)C(C(=O)NC1CCCCC1)c1cccnc1. The van der Waals surface area contributed by atoms with Crippen LogP contribution in [0.4, 0.5) is 5.69 Å². The minimum absolute atomic E-state index is 0.0727. The molecule has 0 radical (unpaired) electrons. The second kappa shape index (κ2) is 10.7. The molecule has 0 spiro atoms. The molecular weight excluding hydrogens is 454 g/mol. The lowest BCUT2D eigenvalue weighted by atomic mass is 9.94. The van der Waals surface area contributed by atoms with Gasteiger partial charge in [-0.2, -0.15) is 5.26 Å². The van der Waals surface area contributed by atoms with Crippen LogP contribution in [0.15, 0.2) is 48.8 Å². The molecule has 3 fully saturated rings. The summed E-state index contributed by atoms with van der Waals surface area (Å²) in [6, 6.07) is 9.70. The Labute approximate surface area is 211 Å². The fourth-order valence-electron chi connectivity index (χ4n) is 5.53. The van der Waals surface area contributed by atoms with Gasteiger partial charge in [0.1, 0.15) is 12.1 Å². The highest BCUT2D eigenvalue weighted by molar-refractivity contribution is 6.04. The number of benzene rings is 1. The Bertz CT molecular complexity index is 1110. The van der Waals surface area contributed by atoms with Crippen molar-refractivity contribution < 1.29 is 14.7 Å². The first-order valence-corrected chi connectivity index (χ1v) is 13.0. The van der Waals surface area contributed by atoms with Gasteiger partial charge in [0.05, 0.1) is 12.6 Å². The smallest absolute Gasteiger partial charge is 0.251 e. The van der Waals surface area contributed by atoms with Crippen LogP contribution in [0.5, 0.6) is 0 Å². The van der Waals surface area contributed by atoms with E-state index in [4.69, 9.17) is 0 Å². The van der Waals surface area contributed by atoms with E-state index >= 15 is 0 Å². The van der Waals surface area contributed by atoms with Crippen LogP contribution < -0.4 is 10.2 Å². The molecule has 3 atom stereocenters. The predicted octanol–water partition coefficient (Wildman–Crippen LogP) is 3.40. The lowest BCUT2D eigenvalue weighted by Crippen LogP contribution is -2.51. The lowest BCUT2D eigenvalue weighted by molar-refractivity contribution is -0.128. The molecule has 2 amide bonds. The van der Waals surface area contributed by atoms with Gasteiger partial charge < -0.3 is 10.4 Å². The second-order valence-corrected chi connectivity index (χ2v) is 10.3. The van der Waals surface area contributed by atoms with E-state index in [2.05, 4.69) is 16.5 Å². The molecule has 1 aromatic carbocycles. The monoisotopic (exact) mass is 487 g/mol. The minimum Gasteiger partial charge on any atom is -0.391 e. The van der Waals surface area contributed by atoms with E-state index in [9.17, 15) is 20.0 Å². The van der Waals surface area contributed by atoms with Gasteiger partial charge in [-0.25, -0.2) is 0 Å². The van der Waals surface area contributed by atoms with Gasteiger partial charge in [-0.3, -0.25) is 24.4 Å². The number of anilines is 1. The van der Waals surface area contributed by atoms with Crippen molar-refractivity contribution in [3.63, 3.8) is 0 Å². The third-order valence-electron chi connectivity index (χ3n) is 7.61. The van der Waals surface area contributed by atoms with Gasteiger partial charge in [0.2, 0.25) is 5.91 Å². The van der Waals surface area contributed by atoms with E-state index in [0.717, 1.165) is 25.7 Å². The quantitative estimate of drug-likeness (QED) is 0.580. The van der Waals surface area contributed by atoms with Gasteiger partial charge in [0, 0.05) is 36.1 Å². The van der Waals surface area contributed by atoms with Crippen LogP contribution in [0.2, 0.25) is 0 Å². The number of aromatic nitrogens is 1. The number of likely N-dealkylation sites (tertiary alicyclic amines) is 1. The van der Waals surface area contributed by atoms with E-state index in [1.165, 1.54) is 34.6 Å². The number of carbonyl (C=O) groups is 2. The molecule has 3 unspecified atom stereocenters. The summed E-state index contributed by atoms with van der Waals surface area (Å²) in [6.07, 6.45) is 12.2. The molecule has 5 rings (SSSR count). The van der Waals surface area contributed by atoms with Gasteiger partial charge >= 0.3 is 0 Å². The van der Waals surface area contributed by atoms with Crippen LogP contribution in [0.3, 0.4) is 0 Å². The number of aliphatic hydroxyl groups is 1. The highest BCUT2D eigenvalue weighted by atomic mass is 16.3. The maximum Gasteiger partial charge on any atom is 0.251 e. The largest absolute Gasteiger partial charge is 0.391 e. The standard InChI is InChI=1S/C28H33N5O3/c29-18-32-17-24(34)15-25(32)28(36)33(23-12-10-20(11-13-23)19-8-9-19)26(21-5-4-14-30-16-21)27(35)31-22-6-2-1-3-7-22/h4-5,10-14,16,19,22,24-26,34H,1-3,6-9,15,17H2,(H,31,35). The number of pyridine rings is 1. The fraction of sp³-hybridized carbons (Fsp3) is 0.500. The maximum atomic E-state index is 14.1. The Hall–Kier alpha value is -3.44. The van der Waals surface area contributed by atoms with Crippen LogP contribution in [-0.2, 0) is 9.59 Å². The Morgan fingerprint density at radius 3 is 2.50 bits per heavy atom. The topological polar surface area (TPSA) is 110 Å². The molecule has 2 heterocycles. The van der Waals surface area contributed by atoms with Crippen molar-refractivity contribution in [3.05, 3.63) is 59.9 Å². The number of rotatable bonds is 7. The first kappa shape index (κ1) is 24.3. The fourth-order valence-corrected chi connectivity index (χ4v) is 5.53. The van der Waals surface area contributed by atoms with Crippen LogP contribution in [0.1, 0.15) is 74.5 Å². The Morgan fingerprint density at radius 1 is 1.11 bits per heavy atom. The zero-order valence-corrected chi connectivity index (χ0v) is 20.4. The highest BCUT2D eigenvalue weighted by Gasteiger charge is 2.43. The molecule has 188 valence electrons. The number of β-amino-alcohol motifs (C(OH)–C–C–N with tert-alkyl or cyclic N) is 1. The van der Waals surface area contributed by atoms with E-state index in [1.54, 1.807) is 18.5 Å². The minimum atomic E-state index is -0.946. The van der Waals surface area contributed by atoms with Crippen molar-refractivity contribution in [1.29, 1.82) is 5.26 Å². The summed E-state index contributed by atoms with van der Waals surface area (Å²) in [5.74, 6) is -0.0672. The summed E-state index contributed by atoms with van der Waals surface area (Å²) in [6.45, 7) is 0.104. The van der Waals surface area contributed by atoms with Gasteiger partial charge in [-0.05, 0) is 55.4 Å². The molecule has 0 bridgehead atoms. The molecule has 8 nitrogen and oxygen atoms in total. The van der Waals surface area contributed by atoms with Crippen LogP contribution in [0, 0.1) is 11.5 Å². The molecule has 8 heteroatoms. The molecule has 2 aliphatic carbocycles. The van der Waals surface area contributed by atoms with E-state index in [1.807, 2.05) is 30.3 Å². The van der Waals surface area contributed by atoms with Gasteiger partial charge in [-0.15, -0.1) is 0 Å². The van der Waals surface area contributed by atoms with Crippen molar-refractivity contribution in [3.8, 4) is 6.19 Å². The number of hydrogen-bond acceptors (Lipinski definition) is 6. The summed E-state index contributed by atoms with van der Waals surface area (Å²) in [7, 11) is 0. The zero-order valence-electron chi connectivity index (χ0n) is 20.4. The van der Waals surface area contributed by atoms with Crippen molar-refractivity contribution in [2.45, 2.75) is 81.5 Å². The third kappa shape index (κ3) is 5.21. The third-order valence-corrected chi connectivity index (χ3v) is 7.61. The van der Waals surface area contributed by atoms with Crippen molar-refractivity contribution in [2.24, 2.45) is 0 Å². The summed E-state index contributed by atoms with van der Waals surface area (Å²) < 4.78 is 0. The van der Waals surface area contributed by atoms with Gasteiger partial charge in [-0.1, -0.05) is 37.5 Å². The number of aliphatic hydroxyl groups excluding tert-OH is 1. The molecular formula is C28H33N5O3. The van der Waals surface area contributed by atoms with E-state index < -0.39 is 18.2 Å². The number of hydrogen-bond donors (Lipinski definition) is 2.